The normalized spacial score (nSPS) is 9.06. The van der Waals surface area contributed by atoms with Crippen LogP contribution < -0.4 is 0 Å². The maximum Gasteiger partial charge on any atom is 0.378 e. The molecule has 0 fully saturated rings. The minimum atomic E-state index is -0.873. The highest BCUT2D eigenvalue weighted by Gasteiger charge is 2.11. The molecule has 0 radical (unpaired) electrons. The number of carbonyl (C=O) groups excluding carboxylic acids is 3. The Hall–Kier alpha value is -1.85. The van der Waals surface area contributed by atoms with Crippen molar-refractivity contribution in [1.82, 2.24) is 0 Å². The third kappa shape index (κ3) is 7.54. The van der Waals surface area contributed by atoms with Gasteiger partial charge in [-0.25, -0.2) is 19.4 Å². The summed E-state index contributed by atoms with van der Waals surface area (Å²) in [5, 5.41) is 0. The van der Waals surface area contributed by atoms with Crippen molar-refractivity contribution in [2.45, 2.75) is 26.2 Å². The van der Waals surface area contributed by atoms with E-state index in [0.29, 0.717) is 13.0 Å². The molecule has 6 nitrogen and oxygen atoms in total. The number of hydrogen-bond donors (Lipinski definition) is 0. The highest BCUT2D eigenvalue weighted by atomic mass is 17.2. The van der Waals surface area contributed by atoms with Crippen molar-refractivity contribution in [3.05, 3.63) is 12.7 Å². The lowest BCUT2D eigenvalue weighted by Crippen LogP contribution is -2.12. The zero-order valence-corrected chi connectivity index (χ0v) is 9.06. The van der Waals surface area contributed by atoms with Gasteiger partial charge in [0.25, 0.3) is 0 Å². The van der Waals surface area contributed by atoms with Crippen molar-refractivity contribution in [3.8, 4) is 0 Å². The molecule has 0 aliphatic carbocycles. The van der Waals surface area contributed by atoms with E-state index >= 15 is 0 Å². The summed E-state index contributed by atoms with van der Waals surface area (Å²) in [5.74, 6) is -2.18. The number of esters is 1. The third-order valence-corrected chi connectivity index (χ3v) is 1.38. The molecular formula is C10H14O6. The van der Waals surface area contributed by atoms with E-state index in [9.17, 15) is 14.4 Å². The second kappa shape index (κ2) is 8.46. The molecule has 0 unspecified atom stereocenters. The van der Waals surface area contributed by atoms with Gasteiger partial charge in [-0.1, -0.05) is 13.5 Å². The van der Waals surface area contributed by atoms with Gasteiger partial charge in [0, 0.05) is 6.08 Å². The van der Waals surface area contributed by atoms with E-state index in [4.69, 9.17) is 4.74 Å². The maximum absolute atomic E-state index is 10.9. The second-order valence-corrected chi connectivity index (χ2v) is 2.78. The Morgan fingerprint density at radius 3 is 2.31 bits per heavy atom. The highest BCUT2D eigenvalue weighted by molar-refractivity contribution is 5.82. The Morgan fingerprint density at radius 2 is 1.75 bits per heavy atom. The van der Waals surface area contributed by atoms with Crippen LogP contribution in [-0.4, -0.2) is 24.5 Å². The van der Waals surface area contributed by atoms with Crippen LogP contribution in [-0.2, 0) is 28.9 Å². The molecule has 0 aliphatic heterocycles. The lowest BCUT2D eigenvalue weighted by molar-refractivity contribution is -0.255. The average Bonchev–Trinajstić information content (AvgIpc) is 2.30. The molecule has 16 heavy (non-hydrogen) atoms. The molecule has 0 saturated carbocycles. The van der Waals surface area contributed by atoms with Gasteiger partial charge in [-0.2, -0.15) is 0 Å². The van der Waals surface area contributed by atoms with E-state index in [2.05, 4.69) is 16.4 Å². The molecular weight excluding hydrogens is 216 g/mol. The second-order valence-electron chi connectivity index (χ2n) is 2.78. The lowest BCUT2D eigenvalue weighted by atomic mass is 10.3. The van der Waals surface area contributed by atoms with Gasteiger partial charge in [0.2, 0.25) is 0 Å². The predicted molar refractivity (Wildman–Crippen MR) is 52.9 cm³/mol. The average molecular weight is 230 g/mol. The summed E-state index contributed by atoms with van der Waals surface area (Å²) >= 11 is 0. The molecule has 0 amide bonds. The lowest BCUT2D eigenvalue weighted by Gasteiger charge is -2.02. The molecule has 0 aromatic carbocycles. The fourth-order valence-electron chi connectivity index (χ4n) is 0.655. The summed E-state index contributed by atoms with van der Waals surface area (Å²) in [6, 6.07) is 0. The summed E-state index contributed by atoms with van der Waals surface area (Å²) in [7, 11) is 0. The van der Waals surface area contributed by atoms with Crippen molar-refractivity contribution in [2.24, 2.45) is 0 Å². The first-order valence-electron chi connectivity index (χ1n) is 4.79. The van der Waals surface area contributed by atoms with Gasteiger partial charge >= 0.3 is 17.9 Å². The minimum Gasteiger partial charge on any atom is -0.466 e. The molecule has 0 aliphatic rings. The van der Waals surface area contributed by atoms with Crippen LogP contribution in [0.2, 0.25) is 0 Å². The van der Waals surface area contributed by atoms with Crippen LogP contribution in [0.5, 0.6) is 0 Å². The zero-order chi connectivity index (χ0) is 12.4. The van der Waals surface area contributed by atoms with E-state index in [-0.39, 0.29) is 12.8 Å². The molecule has 0 spiro atoms. The SMILES string of the molecule is C=CC(=O)OOC(=O)CCC(=O)OCCC. The number of hydrogen-bond acceptors (Lipinski definition) is 6. The zero-order valence-electron chi connectivity index (χ0n) is 9.06. The van der Waals surface area contributed by atoms with E-state index in [0.717, 1.165) is 6.08 Å². The van der Waals surface area contributed by atoms with Crippen molar-refractivity contribution < 1.29 is 28.9 Å². The molecule has 0 bridgehead atoms. The van der Waals surface area contributed by atoms with Gasteiger partial charge in [0.05, 0.1) is 19.4 Å². The van der Waals surface area contributed by atoms with E-state index in [1.807, 2.05) is 6.92 Å². The first-order chi connectivity index (χ1) is 7.60. The van der Waals surface area contributed by atoms with E-state index in [1.54, 1.807) is 0 Å². The Bertz CT molecular complexity index is 270. The molecule has 0 atom stereocenters. The Kier molecular flexibility index (Phi) is 7.48. The smallest absolute Gasteiger partial charge is 0.378 e. The summed E-state index contributed by atoms with van der Waals surface area (Å²) in [6.45, 7) is 5.28. The van der Waals surface area contributed by atoms with Gasteiger partial charge in [-0.15, -0.1) is 0 Å². The van der Waals surface area contributed by atoms with Crippen LogP contribution in [0.25, 0.3) is 0 Å². The molecule has 0 aromatic rings. The van der Waals surface area contributed by atoms with Crippen LogP contribution in [0.4, 0.5) is 0 Å². The van der Waals surface area contributed by atoms with Gasteiger partial charge in [-0.3, -0.25) is 4.79 Å². The fourth-order valence-corrected chi connectivity index (χ4v) is 0.655. The van der Waals surface area contributed by atoms with E-state index in [1.165, 1.54) is 0 Å². The standard InChI is InChI=1S/C10H14O6/c1-3-7-14-9(12)5-6-10(13)16-15-8(11)4-2/h4H,2-3,5-7H2,1H3. The monoisotopic (exact) mass is 230 g/mol. The van der Waals surface area contributed by atoms with Crippen molar-refractivity contribution in [1.29, 1.82) is 0 Å². The summed E-state index contributed by atoms with van der Waals surface area (Å²) < 4.78 is 4.72. The Labute approximate surface area is 93.1 Å². The van der Waals surface area contributed by atoms with Crippen LogP contribution >= 0.6 is 0 Å². The largest absolute Gasteiger partial charge is 0.466 e. The quantitative estimate of drug-likeness (QED) is 0.292. The van der Waals surface area contributed by atoms with Gasteiger partial charge in [0.15, 0.2) is 0 Å². The summed E-state index contributed by atoms with van der Waals surface area (Å²) in [5.41, 5.74) is 0. The first-order valence-corrected chi connectivity index (χ1v) is 4.79. The molecule has 90 valence electrons. The molecule has 0 heterocycles. The molecule has 0 rings (SSSR count). The first kappa shape index (κ1) is 14.2. The number of ether oxygens (including phenoxy) is 1. The number of rotatable bonds is 6. The highest BCUT2D eigenvalue weighted by Crippen LogP contribution is 1.97. The van der Waals surface area contributed by atoms with E-state index < -0.39 is 17.9 Å². The van der Waals surface area contributed by atoms with Gasteiger partial charge in [0.1, 0.15) is 0 Å². The van der Waals surface area contributed by atoms with Crippen LogP contribution in [0.3, 0.4) is 0 Å². The fraction of sp³-hybridized carbons (Fsp3) is 0.500. The van der Waals surface area contributed by atoms with Crippen molar-refractivity contribution >= 4 is 17.9 Å². The van der Waals surface area contributed by atoms with Gasteiger partial charge in [-0.05, 0) is 6.42 Å². The Morgan fingerprint density at radius 1 is 1.12 bits per heavy atom. The van der Waals surface area contributed by atoms with Crippen LogP contribution in [0, 0.1) is 0 Å². The van der Waals surface area contributed by atoms with Crippen LogP contribution in [0.15, 0.2) is 12.7 Å². The molecule has 0 saturated heterocycles. The van der Waals surface area contributed by atoms with Crippen molar-refractivity contribution in [3.63, 3.8) is 0 Å². The summed E-state index contributed by atoms with van der Waals surface area (Å²) in [4.78, 5) is 40.4. The number of carbonyl (C=O) groups is 3. The predicted octanol–water partition coefficient (Wildman–Crippen LogP) is 0.907. The van der Waals surface area contributed by atoms with Crippen molar-refractivity contribution in [2.75, 3.05) is 6.61 Å². The van der Waals surface area contributed by atoms with Gasteiger partial charge < -0.3 is 4.74 Å². The minimum absolute atomic E-state index is 0.107. The Balaban J connectivity index is 3.60. The molecule has 0 aromatic heterocycles. The summed E-state index contributed by atoms with van der Waals surface area (Å²) in [6.07, 6.45) is 1.26. The third-order valence-electron chi connectivity index (χ3n) is 1.38. The molecule has 0 N–H and O–H groups in total. The van der Waals surface area contributed by atoms with Crippen LogP contribution in [0.1, 0.15) is 26.2 Å². The molecule has 6 heteroatoms. The topological polar surface area (TPSA) is 78.9 Å². The maximum atomic E-state index is 10.9.